The number of sulfonamides is 1. The Kier molecular flexibility index (Phi) is 10.9. The number of hydrogen-bond donors (Lipinski definition) is 1. The van der Waals surface area contributed by atoms with Gasteiger partial charge in [0, 0.05) is 12.6 Å². The standard InChI is InChI=1S/C35H39N3O6S/c1-25(2)36-35(40)27(4)37(23-28-10-9-13-32(22-28)43-5)34(39)24-38(45(41,42)33-20-14-26(3)15-21-33)29-16-18-31(19-17-29)44-30-11-7-6-8-12-30/h6-22,25,27H,23-24H2,1-5H3,(H,36,40)/t27-/m0/s1. The molecule has 0 aromatic heterocycles. The molecule has 0 aliphatic heterocycles. The zero-order valence-corrected chi connectivity index (χ0v) is 27.0. The number of aryl methyl sites for hydroxylation is 1. The van der Waals surface area contributed by atoms with Gasteiger partial charge in [0.15, 0.2) is 0 Å². The minimum atomic E-state index is -4.20. The van der Waals surface area contributed by atoms with Crippen molar-refractivity contribution in [3.63, 3.8) is 0 Å². The van der Waals surface area contributed by atoms with E-state index >= 15 is 0 Å². The molecule has 45 heavy (non-hydrogen) atoms. The molecule has 236 valence electrons. The van der Waals surface area contributed by atoms with Gasteiger partial charge in [0.1, 0.15) is 29.8 Å². The zero-order valence-electron chi connectivity index (χ0n) is 26.1. The van der Waals surface area contributed by atoms with Crippen molar-refractivity contribution in [3.8, 4) is 17.2 Å². The highest BCUT2D eigenvalue weighted by Gasteiger charge is 2.32. The van der Waals surface area contributed by atoms with Crippen LogP contribution in [0.25, 0.3) is 0 Å². The molecule has 0 spiro atoms. The van der Waals surface area contributed by atoms with E-state index in [1.165, 1.54) is 17.0 Å². The third kappa shape index (κ3) is 8.63. The van der Waals surface area contributed by atoms with Gasteiger partial charge < -0.3 is 19.7 Å². The molecule has 1 N–H and O–H groups in total. The summed E-state index contributed by atoms with van der Waals surface area (Å²) < 4.78 is 40.5. The van der Waals surface area contributed by atoms with Gasteiger partial charge in [-0.1, -0.05) is 48.0 Å². The fourth-order valence-electron chi connectivity index (χ4n) is 4.63. The first-order valence-corrected chi connectivity index (χ1v) is 16.1. The van der Waals surface area contributed by atoms with Gasteiger partial charge in [-0.05, 0) is 93.9 Å². The maximum atomic E-state index is 14.1. The highest BCUT2D eigenvalue weighted by atomic mass is 32.2. The predicted molar refractivity (Wildman–Crippen MR) is 175 cm³/mol. The summed E-state index contributed by atoms with van der Waals surface area (Å²) in [6.07, 6.45) is 0. The van der Waals surface area contributed by atoms with E-state index < -0.39 is 28.5 Å². The molecule has 2 amide bonds. The molecule has 0 saturated carbocycles. The van der Waals surface area contributed by atoms with Crippen molar-refractivity contribution in [1.82, 2.24) is 10.2 Å². The first-order valence-electron chi connectivity index (χ1n) is 14.6. The lowest BCUT2D eigenvalue weighted by Crippen LogP contribution is -2.52. The van der Waals surface area contributed by atoms with E-state index in [2.05, 4.69) is 5.32 Å². The van der Waals surface area contributed by atoms with Crippen molar-refractivity contribution in [3.05, 3.63) is 114 Å². The quantitative estimate of drug-likeness (QED) is 0.197. The number of carbonyl (C=O) groups is 2. The fourth-order valence-corrected chi connectivity index (χ4v) is 6.04. The molecule has 4 aromatic carbocycles. The van der Waals surface area contributed by atoms with Crippen LogP contribution >= 0.6 is 0 Å². The van der Waals surface area contributed by atoms with Crippen LogP contribution in [0.15, 0.2) is 108 Å². The average Bonchev–Trinajstić information content (AvgIpc) is 3.03. The second-order valence-electron chi connectivity index (χ2n) is 10.9. The molecule has 0 aliphatic carbocycles. The molecule has 10 heteroatoms. The van der Waals surface area contributed by atoms with Crippen LogP contribution in [0.1, 0.15) is 31.9 Å². The third-order valence-corrected chi connectivity index (χ3v) is 8.86. The number of nitrogens with zero attached hydrogens (tertiary/aromatic N) is 2. The highest BCUT2D eigenvalue weighted by molar-refractivity contribution is 7.92. The molecule has 0 heterocycles. The van der Waals surface area contributed by atoms with Gasteiger partial charge in [-0.15, -0.1) is 0 Å². The molecular formula is C35H39N3O6S. The normalized spacial score (nSPS) is 11.9. The van der Waals surface area contributed by atoms with Crippen molar-refractivity contribution >= 4 is 27.5 Å². The zero-order chi connectivity index (χ0) is 32.6. The van der Waals surface area contributed by atoms with Crippen LogP contribution in [0.3, 0.4) is 0 Å². The summed E-state index contributed by atoms with van der Waals surface area (Å²) in [6, 6.07) is 28.3. The number of carbonyl (C=O) groups excluding carboxylic acids is 2. The Morgan fingerprint density at radius 3 is 2.04 bits per heavy atom. The Hall–Kier alpha value is -4.83. The number of methoxy groups -OCH3 is 1. The minimum Gasteiger partial charge on any atom is -0.497 e. The summed E-state index contributed by atoms with van der Waals surface area (Å²) in [5.41, 5.74) is 1.89. The first-order chi connectivity index (χ1) is 21.5. The molecule has 4 aromatic rings. The predicted octanol–water partition coefficient (Wildman–Crippen LogP) is 5.93. The van der Waals surface area contributed by atoms with E-state index in [1.54, 1.807) is 68.6 Å². The number of nitrogens with one attached hydrogen (secondary N) is 1. The summed E-state index contributed by atoms with van der Waals surface area (Å²) >= 11 is 0. The number of anilines is 1. The third-order valence-electron chi connectivity index (χ3n) is 7.08. The first kappa shape index (κ1) is 33.1. The summed E-state index contributed by atoms with van der Waals surface area (Å²) in [6.45, 7) is 6.68. The second kappa shape index (κ2) is 14.8. The lowest BCUT2D eigenvalue weighted by molar-refractivity contribution is -0.139. The van der Waals surface area contributed by atoms with Crippen LogP contribution in [0.5, 0.6) is 17.2 Å². The van der Waals surface area contributed by atoms with Crippen molar-refractivity contribution in [2.75, 3.05) is 18.0 Å². The van der Waals surface area contributed by atoms with E-state index in [9.17, 15) is 18.0 Å². The Morgan fingerprint density at radius 2 is 1.42 bits per heavy atom. The number of para-hydroxylation sites is 1. The number of amides is 2. The lowest BCUT2D eigenvalue weighted by Gasteiger charge is -2.32. The minimum absolute atomic E-state index is 0.0375. The maximum absolute atomic E-state index is 14.1. The van der Waals surface area contributed by atoms with E-state index in [0.29, 0.717) is 17.2 Å². The Morgan fingerprint density at radius 1 is 0.800 bits per heavy atom. The lowest BCUT2D eigenvalue weighted by atomic mass is 10.1. The van der Waals surface area contributed by atoms with Crippen LogP contribution in [0.2, 0.25) is 0 Å². The van der Waals surface area contributed by atoms with Gasteiger partial charge >= 0.3 is 0 Å². The Bertz CT molecular complexity index is 1690. The summed E-state index contributed by atoms with van der Waals surface area (Å²) in [5, 5.41) is 2.86. The van der Waals surface area contributed by atoms with Crippen LogP contribution in [0.4, 0.5) is 5.69 Å². The van der Waals surface area contributed by atoms with Gasteiger partial charge in [-0.3, -0.25) is 13.9 Å². The SMILES string of the molecule is COc1cccc(CN(C(=O)CN(c2ccc(Oc3ccccc3)cc2)S(=O)(=O)c2ccc(C)cc2)[C@@H](C)C(=O)NC(C)C)c1. The van der Waals surface area contributed by atoms with Crippen molar-refractivity contribution in [1.29, 1.82) is 0 Å². The molecule has 0 fully saturated rings. The number of ether oxygens (including phenoxy) is 2. The molecule has 4 rings (SSSR count). The molecule has 9 nitrogen and oxygen atoms in total. The summed E-state index contributed by atoms with van der Waals surface area (Å²) in [4.78, 5) is 28.7. The molecule has 0 radical (unpaired) electrons. The van der Waals surface area contributed by atoms with E-state index in [-0.39, 0.29) is 29.1 Å². The Balaban J connectivity index is 1.71. The number of hydrogen-bond acceptors (Lipinski definition) is 6. The summed E-state index contributed by atoms with van der Waals surface area (Å²) in [7, 11) is -2.65. The average molecular weight is 630 g/mol. The van der Waals surface area contributed by atoms with Gasteiger partial charge in [-0.2, -0.15) is 0 Å². The molecular weight excluding hydrogens is 590 g/mol. The van der Waals surface area contributed by atoms with Crippen LogP contribution in [0, 0.1) is 6.92 Å². The van der Waals surface area contributed by atoms with Gasteiger partial charge in [0.05, 0.1) is 17.7 Å². The maximum Gasteiger partial charge on any atom is 0.264 e. The van der Waals surface area contributed by atoms with Crippen LogP contribution < -0.4 is 19.1 Å². The van der Waals surface area contributed by atoms with Crippen molar-refractivity contribution in [2.45, 2.75) is 51.2 Å². The van der Waals surface area contributed by atoms with Crippen molar-refractivity contribution < 1.29 is 27.5 Å². The van der Waals surface area contributed by atoms with Gasteiger partial charge in [-0.25, -0.2) is 8.42 Å². The summed E-state index contributed by atoms with van der Waals surface area (Å²) in [5.74, 6) is 0.829. The molecule has 1 atom stereocenters. The number of rotatable bonds is 13. The second-order valence-corrected chi connectivity index (χ2v) is 12.8. The monoisotopic (exact) mass is 629 g/mol. The van der Waals surface area contributed by atoms with Crippen LogP contribution in [-0.2, 0) is 26.2 Å². The highest BCUT2D eigenvalue weighted by Crippen LogP contribution is 2.29. The molecule has 0 aliphatic rings. The molecule has 0 unspecified atom stereocenters. The smallest absolute Gasteiger partial charge is 0.264 e. The van der Waals surface area contributed by atoms with Gasteiger partial charge in [0.25, 0.3) is 10.0 Å². The van der Waals surface area contributed by atoms with E-state index in [1.807, 2.05) is 57.2 Å². The Labute approximate surface area is 265 Å². The molecule has 0 saturated heterocycles. The van der Waals surface area contributed by atoms with Crippen LogP contribution in [-0.4, -0.2) is 50.9 Å². The van der Waals surface area contributed by atoms with Crippen molar-refractivity contribution in [2.24, 2.45) is 0 Å². The van der Waals surface area contributed by atoms with E-state index in [0.717, 1.165) is 15.4 Å². The number of benzene rings is 4. The topological polar surface area (TPSA) is 105 Å². The molecule has 0 bridgehead atoms. The van der Waals surface area contributed by atoms with Gasteiger partial charge in [0.2, 0.25) is 11.8 Å². The fraction of sp³-hybridized carbons (Fsp3) is 0.257. The van der Waals surface area contributed by atoms with E-state index in [4.69, 9.17) is 9.47 Å². The largest absolute Gasteiger partial charge is 0.497 e.